The van der Waals surface area contributed by atoms with Gasteiger partial charge < -0.3 is 10.6 Å². The lowest BCUT2D eigenvalue weighted by molar-refractivity contribution is 0.376. The van der Waals surface area contributed by atoms with Gasteiger partial charge in [0.15, 0.2) is 0 Å². The lowest BCUT2D eigenvalue weighted by atomic mass is 9.93. The molecular weight excluding hydrogens is 220 g/mol. The lowest BCUT2D eigenvalue weighted by Gasteiger charge is -2.26. The zero-order valence-electron chi connectivity index (χ0n) is 9.35. The largest absolute Gasteiger partial charge is 0.371 e. The van der Waals surface area contributed by atoms with Crippen LogP contribution in [0.3, 0.4) is 0 Å². The molecule has 1 aromatic rings. The third-order valence-corrected chi connectivity index (χ3v) is 4.47. The van der Waals surface area contributed by atoms with E-state index in [0.29, 0.717) is 6.04 Å². The molecule has 0 bridgehead atoms. The molecular formula is C11H18N4S. The number of aromatic nitrogens is 2. The molecule has 3 unspecified atom stereocenters. The lowest BCUT2D eigenvalue weighted by Crippen LogP contribution is -2.38. The first-order chi connectivity index (χ1) is 7.93. The molecule has 16 heavy (non-hydrogen) atoms. The number of nitrogens with one attached hydrogen (secondary N) is 2. The molecule has 0 radical (unpaired) electrons. The second kappa shape index (κ2) is 4.67. The highest BCUT2D eigenvalue weighted by atomic mass is 32.1. The van der Waals surface area contributed by atoms with Crippen molar-refractivity contribution >= 4 is 16.5 Å². The molecule has 1 aliphatic carbocycles. The van der Waals surface area contributed by atoms with E-state index >= 15 is 0 Å². The van der Waals surface area contributed by atoms with E-state index in [1.165, 1.54) is 50.2 Å². The number of rotatable bonds is 3. The number of hydrogen-bond acceptors (Lipinski definition) is 5. The molecule has 2 fully saturated rings. The van der Waals surface area contributed by atoms with Crippen molar-refractivity contribution in [2.45, 2.75) is 44.2 Å². The van der Waals surface area contributed by atoms with Gasteiger partial charge in [-0.3, -0.25) is 0 Å². The van der Waals surface area contributed by atoms with Crippen LogP contribution in [0.1, 0.15) is 32.1 Å². The molecule has 1 saturated carbocycles. The molecule has 0 spiro atoms. The second-order valence-corrected chi connectivity index (χ2v) is 5.62. The van der Waals surface area contributed by atoms with Crippen LogP contribution in [0, 0.1) is 5.92 Å². The topological polar surface area (TPSA) is 49.8 Å². The molecule has 4 nitrogen and oxygen atoms in total. The van der Waals surface area contributed by atoms with E-state index < -0.39 is 0 Å². The highest BCUT2D eigenvalue weighted by Crippen LogP contribution is 2.34. The Morgan fingerprint density at radius 1 is 1.31 bits per heavy atom. The van der Waals surface area contributed by atoms with Crippen molar-refractivity contribution in [1.29, 1.82) is 0 Å². The predicted octanol–water partition coefficient (Wildman–Crippen LogP) is 1.87. The van der Waals surface area contributed by atoms with Crippen LogP contribution in [0.5, 0.6) is 0 Å². The zero-order valence-corrected chi connectivity index (χ0v) is 10.2. The normalized spacial score (nSPS) is 34.4. The van der Waals surface area contributed by atoms with Gasteiger partial charge in [0.1, 0.15) is 5.00 Å². The molecule has 3 atom stereocenters. The minimum atomic E-state index is 0.623. The molecule has 1 aromatic heterocycles. The first-order valence-electron chi connectivity index (χ1n) is 6.21. The van der Waals surface area contributed by atoms with Gasteiger partial charge in [0.05, 0.1) is 6.20 Å². The Hall–Kier alpha value is -0.680. The molecule has 88 valence electrons. The number of hydrogen-bond donors (Lipinski definition) is 2. The van der Waals surface area contributed by atoms with Crippen LogP contribution in [0.2, 0.25) is 0 Å². The minimum absolute atomic E-state index is 0.623. The van der Waals surface area contributed by atoms with Gasteiger partial charge in [-0.2, -0.15) is 0 Å². The fourth-order valence-corrected chi connectivity index (χ4v) is 3.62. The summed E-state index contributed by atoms with van der Waals surface area (Å²) in [5.74, 6) is 0.796. The molecule has 2 N–H and O–H groups in total. The Balaban J connectivity index is 1.64. The smallest absolute Gasteiger partial charge is 0.130 e. The van der Waals surface area contributed by atoms with Gasteiger partial charge in [-0.1, -0.05) is 10.9 Å². The van der Waals surface area contributed by atoms with Crippen LogP contribution in [-0.4, -0.2) is 28.2 Å². The van der Waals surface area contributed by atoms with Crippen LogP contribution in [0.25, 0.3) is 0 Å². The van der Waals surface area contributed by atoms with E-state index in [-0.39, 0.29) is 0 Å². The van der Waals surface area contributed by atoms with Crippen LogP contribution in [0.15, 0.2) is 6.20 Å². The molecule has 5 heteroatoms. The van der Waals surface area contributed by atoms with Gasteiger partial charge in [-0.15, -0.1) is 5.10 Å². The highest BCUT2D eigenvalue weighted by Gasteiger charge is 2.35. The molecule has 0 amide bonds. The summed E-state index contributed by atoms with van der Waals surface area (Å²) in [7, 11) is 0. The second-order valence-electron chi connectivity index (χ2n) is 4.83. The summed E-state index contributed by atoms with van der Waals surface area (Å²) in [6, 6.07) is 1.36. The van der Waals surface area contributed by atoms with Crippen molar-refractivity contribution in [2.24, 2.45) is 5.92 Å². The maximum Gasteiger partial charge on any atom is 0.130 e. The molecule has 0 aromatic carbocycles. The molecule has 1 saturated heterocycles. The van der Waals surface area contributed by atoms with Crippen molar-refractivity contribution < 1.29 is 0 Å². The van der Waals surface area contributed by atoms with Crippen molar-refractivity contribution in [3.8, 4) is 0 Å². The molecule has 2 heterocycles. The summed E-state index contributed by atoms with van der Waals surface area (Å²) in [4.78, 5) is 0. The van der Waals surface area contributed by atoms with Crippen LogP contribution in [0.4, 0.5) is 5.00 Å². The van der Waals surface area contributed by atoms with Crippen LogP contribution < -0.4 is 10.6 Å². The summed E-state index contributed by atoms with van der Waals surface area (Å²) < 4.78 is 3.90. The third kappa shape index (κ3) is 2.06. The summed E-state index contributed by atoms with van der Waals surface area (Å²) in [6.07, 6.45) is 8.54. The van der Waals surface area contributed by atoms with Crippen LogP contribution in [-0.2, 0) is 0 Å². The van der Waals surface area contributed by atoms with Crippen molar-refractivity contribution in [3.63, 3.8) is 0 Å². The quantitative estimate of drug-likeness (QED) is 0.844. The first-order valence-corrected chi connectivity index (χ1v) is 6.98. The maximum atomic E-state index is 3.90. The Kier molecular flexibility index (Phi) is 3.06. The van der Waals surface area contributed by atoms with Gasteiger partial charge >= 0.3 is 0 Å². The Bertz CT molecular complexity index is 321. The Morgan fingerprint density at radius 2 is 2.31 bits per heavy atom. The van der Waals surface area contributed by atoms with Gasteiger partial charge in [0, 0.05) is 23.6 Å². The summed E-state index contributed by atoms with van der Waals surface area (Å²) in [6.45, 7) is 1.20. The summed E-state index contributed by atoms with van der Waals surface area (Å²) in [5, 5.41) is 12.2. The average molecular weight is 238 g/mol. The SMILES string of the molecule is c1nnsc1NC1CCCC1C1CCCN1. The predicted molar refractivity (Wildman–Crippen MR) is 65.7 cm³/mol. The van der Waals surface area contributed by atoms with Crippen molar-refractivity contribution in [1.82, 2.24) is 14.9 Å². The fourth-order valence-electron chi connectivity index (χ4n) is 3.14. The maximum absolute atomic E-state index is 3.90. The van der Waals surface area contributed by atoms with E-state index in [1.54, 1.807) is 0 Å². The van der Waals surface area contributed by atoms with Crippen molar-refractivity contribution in [2.75, 3.05) is 11.9 Å². The van der Waals surface area contributed by atoms with Gasteiger partial charge in [0.2, 0.25) is 0 Å². The van der Waals surface area contributed by atoms with E-state index in [0.717, 1.165) is 17.0 Å². The average Bonchev–Trinajstić information content (AvgIpc) is 2.98. The molecule has 3 rings (SSSR count). The van der Waals surface area contributed by atoms with Gasteiger partial charge in [0.25, 0.3) is 0 Å². The fraction of sp³-hybridized carbons (Fsp3) is 0.818. The van der Waals surface area contributed by atoms with Gasteiger partial charge in [-0.25, -0.2) is 0 Å². The van der Waals surface area contributed by atoms with E-state index in [1.807, 2.05) is 6.20 Å². The first kappa shape index (κ1) is 10.5. The van der Waals surface area contributed by atoms with E-state index in [2.05, 4.69) is 20.2 Å². The highest BCUT2D eigenvalue weighted by molar-refractivity contribution is 7.09. The van der Waals surface area contributed by atoms with Crippen molar-refractivity contribution in [3.05, 3.63) is 6.20 Å². The summed E-state index contributed by atoms with van der Waals surface area (Å²) in [5.41, 5.74) is 0. The zero-order chi connectivity index (χ0) is 10.8. The number of anilines is 1. The van der Waals surface area contributed by atoms with Gasteiger partial charge in [-0.05, 0) is 38.1 Å². The van der Waals surface area contributed by atoms with Crippen LogP contribution >= 0.6 is 11.5 Å². The van der Waals surface area contributed by atoms with E-state index in [4.69, 9.17) is 0 Å². The molecule has 2 aliphatic rings. The monoisotopic (exact) mass is 238 g/mol. The Labute approximate surface area is 100.0 Å². The molecule has 1 aliphatic heterocycles. The van der Waals surface area contributed by atoms with E-state index in [9.17, 15) is 0 Å². The Morgan fingerprint density at radius 3 is 3.06 bits per heavy atom. The standard InChI is InChI=1S/C11H18N4S/c1-3-8(9-5-2-6-12-9)10(4-1)14-11-7-13-15-16-11/h7-10,12,14H,1-6H2. The minimum Gasteiger partial charge on any atom is -0.371 e. The summed E-state index contributed by atoms with van der Waals surface area (Å²) >= 11 is 1.46. The number of nitrogens with zero attached hydrogens (tertiary/aromatic N) is 2. The third-order valence-electron chi connectivity index (χ3n) is 3.87.